The Labute approximate surface area is 155 Å². The normalized spacial score (nSPS) is 17.3. The molecule has 1 atom stereocenters. The Morgan fingerprint density at radius 1 is 0.923 bits per heavy atom. The molecule has 2 heterocycles. The standard InChI is InChI=1S/C22H26N4/c1-2-25-13-15-26(16-14-25)22(19-11-7-4-8-12-19)20-17-23-24-21(20)18-9-5-3-6-10-18/h3-12,17,22H,2,13-16H2,1H3,(H,23,24). The van der Waals surface area contributed by atoms with Crippen LogP contribution in [0.25, 0.3) is 11.3 Å². The van der Waals surface area contributed by atoms with E-state index in [4.69, 9.17) is 0 Å². The first kappa shape index (κ1) is 17.0. The first-order valence-electron chi connectivity index (χ1n) is 9.47. The molecule has 4 nitrogen and oxygen atoms in total. The van der Waals surface area contributed by atoms with Crippen LogP contribution in [0.3, 0.4) is 0 Å². The van der Waals surface area contributed by atoms with Crippen LogP contribution in [0.4, 0.5) is 0 Å². The van der Waals surface area contributed by atoms with E-state index in [1.54, 1.807) is 0 Å². The largest absolute Gasteiger partial charge is 0.301 e. The van der Waals surface area contributed by atoms with E-state index in [9.17, 15) is 0 Å². The van der Waals surface area contributed by atoms with Crippen molar-refractivity contribution < 1.29 is 0 Å². The lowest BCUT2D eigenvalue weighted by Gasteiger charge is -2.39. The highest BCUT2D eigenvalue weighted by Gasteiger charge is 2.29. The second-order valence-electron chi connectivity index (χ2n) is 6.84. The molecule has 0 aliphatic carbocycles. The molecule has 0 amide bonds. The lowest BCUT2D eigenvalue weighted by molar-refractivity contribution is 0.113. The van der Waals surface area contributed by atoms with E-state index < -0.39 is 0 Å². The highest BCUT2D eigenvalue weighted by molar-refractivity contribution is 5.64. The maximum atomic E-state index is 4.60. The molecule has 0 bridgehead atoms. The van der Waals surface area contributed by atoms with Crippen molar-refractivity contribution in [3.05, 3.63) is 78.0 Å². The van der Waals surface area contributed by atoms with Crippen molar-refractivity contribution in [2.45, 2.75) is 13.0 Å². The molecule has 2 aromatic carbocycles. The number of H-pyrrole nitrogens is 1. The Morgan fingerprint density at radius 2 is 1.58 bits per heavy atom. The summed E-state index contributed by atoms with van der Waals surface area (Å²) >= 11 is 0. The number of piperazine rings is 1. The Balaban J connectivity index is 1.72. The van der Waals surface area contributed by atoms with E-state index in [0.717, 1.165) is 44.0 Å². The fraction of sp³-hybridized carbons (Fsp3) is 0.318. The summed E-state index contributed by atoms with van der Waals surface area (Å²) in [5.74, 6) is 0. The summed E-state index contributed by atoms with van der Waals surface area (Å²) in [5.41, 5.74) is 4.80. The summed E-state index contributed by atoms with van der Waals surface area (Å²) in [6.07, 6.45) is 2.08. The van der Waals surface area contributed by atoms with Crippen LogP contribution in [0.15, 0.2) is 66.9 Å². The summed E-state index contributed by atoms with van der Waals surface area (Å²) in [5, 5.41) is 7.72. The van der Waals surface area contributed by atoms with Crippen LogP contribution >= 0.6 is 0 Å². The number of rotatable bonds is 5. The fourth-order valence-corrected chi connectivity index (χ4v) is 3.90. The Hall–Kier alpha value is -2.43. The number of nitrogens with one attached hydrogen (secondary N) is 1. The molecule has 1 fully saturated rings. The molecule has 0 radical (unpaired) electrons. The molecule has 1 N–H and O–H groups in total. The van der Waals surface area contributed by atoms with Crippen molar-refractivity contribution in [1.29, 1.82) is 0 Å². The lowest BCUT2D eigenvalue weighted by Crippen LogP contribution is -2.47. The van der Waals surface area contributed by atoms with Gasteiger partial charge in [-0.25, -0.2) is 0 Å². The van der Waals surface area contributed by atoms with Gasteiger partial charge in [-0.2, -0.15) is 5.10 Å². The highest BCUT2D eigenvalue weighted by Crippen LogP contribution is 2.35. The molecular weight excluding hydrogens is 320 g/mol. The minimum absolute atomic E-state index is 0.226. The second kappa shape index (κ2) is 7.85. The van der Waals surface area contributed by atoms with E-state index in [-0.39, 0.29) is 6.04 Å². The first-order chi connectivity index (χ1) is 12.9. The van der Waals surface area contributed by atoms with Crippen LogP contribution in [0.1, 0.15) is 24.1 Å². The molecule has 1 aromatic heterocycles. The van der Waals surface area contributed by atoms with Crippen molar-refractivity contribution >= 4 is 0 Å². The van der Waals surface area contributed by atoms with Gasteiger partial charge in [0.15, 0.2) is 0 Å². The van der Waals surface area contributed by atoms with Crippen LogP contribution in [-0.2, 0) is 0 Å². The number of aromatic nitrogens is 2. The van der Waals surface area contributed by atoms with E-state index in [1.165, 1.54) is 11.1 Å². The third kappa shape index (κ3) is 3.43. The molecule has 1 unspecified atom stereocenters. The Morgan fingerprint density at radius 3 is 2.23 bits per heavy atom. The topological polar surface area (TPSA) is 35.2 Å². The van der Waals surface area contributed by atoms with Crippen LogP contribution in [0, 0.1) is 0 Å². The molecule has 4 heteroatoms. The molecule has 1 aliphatic rings. The Kier molecular flexibility index (Phi) is 5.14. The van der Waals surface area contributed by atoms with Gasteiger partial charge in [0.1, 0.15) is 0 Å². The number of nitrogens with zero attached hydrogens (tertiary/aromatic N) is 3. The van der Waals surface area contributed by atoms with Gasteiger partial charge in [0.05, 0.1) is 11.7 Å². The van der Waals surface area contributed by atoms with Gasteiger partial charge in [-0.3, -0.25) is 10.00 Å². The molecule has 26 heavy (non-hydrogen) atoms. The van der Waals surface area contributed by atoms with Crippen LogP contribution in [0.5, 0.6) is 0 Å². The maximum absolute atomic E-state index is 4.60. The third-order valence-electron chi connectivity index (χ3n) is 5.35. The highest BCUT2D eigenvalue weighted by atomic mass is 15.3. The molecule has 1 saturated heterocycles. The van der Waals surface area contributed by atoms with Gasteiger partial charge >= 0.3 is 0 Å². The summed E-state index contributed by atoms with van der Waals surface area (Å²) < 4.78 is 0. The summed E-state index contributed by atoms with van der Waals surface area (Å²) in [6, 6.07) is 21.5. The van der Waals surface area contributed by atoms with Gasteiger partial charge in [0.25, 0.3) is 0 Å². The second-order valence-corrected chi connectivity index (χ2v) is 6.84. The van der Waals surface area contributed by atoms with E-state index >= 15 is 0 Å². The SMILES string of the molecule is CCN1CCN(C(c2ccccc2)c2c[nH]nc2-c2ccccc2)CC1. The molecule has 0 saturated carbocycles. The monoisotopic (exact) mass is 346 g/mol. The summed E-state index contributed by atoms with van der Waals surface area (Å²) in [7, 11) is 0. The van der Waals surface area contributed by atoms with E-state index in [2.05, 4.69) is 93.8 Å². The molecular formula is C22H26N4. The predicted molar refractivity (Wildman–Crippen MR) is 106 cm³/mol. The van der Waals surface area contributed by atoms with Crippen molar-refractivity contribution in [3.63, 3.8) is 0 Å². The average molecular weight is 346 g/mol. The number of likely N-dealkylation sites (N-methyl/N-ethyl adjacent to an activating group) is 1. The van der Waals surface area contributed by atoms with Gasteiger partial charge in [-0.15, -0.1) is 0 Å². The smallest absolute Gasteiger partial charge is 0.0972 e. The minimum Gasteiger partial charge on any atom is -0.301 e. The number of hydrogen-bond donors (Lipinski definition) is 1. The minimum atomic E-state index is 0.226. The summed E-state index contributed by atoms with van der Waals surface area (Å²) in [6.45, 7) is 7.77. The first-order valence-corrected chi connectivity index (χ1v) is 9.47. The van der Waals surface area contributed by atoms with Crippen molar-refractivity contribution in [1.82, 2.24) is 20.0 Å². The van der Waals surface area contributed by atoms with Gasteiger partial charge < -0.3 is 4.90 Å². The average Bonchev–Trinajstić information content (AvgIpc) is 3.19. The zero-order valence-electron chi connectivity index (χ0n) is 15.3. The van der Waals surface area contributed by atoms with Gasteiger partial charge in [0, 0.05) is 43.5 Å². The molecule has 134 valence electrons. The number of hydrogen-bond acceptors (Lipinski definition) is 3. The molecule has 4 rings (SSSR count). The maximum Gasteiger partial charge on any atom is 0.0972 e. The van der Waals surface area contributed by atoms with Crippen LogP contribution in [-0.4, -0.2) is 52.7 Å². The molecule has 0 spiro atoms. The molecule has 1 aliphatic heterocycles. The fourth-order valence-electron chi connectivity index (χ4n) is 3.90. The van der Waals surface area contributed by atoms with E-state index in [0.29, 0.717) is 0 Å². The van der Waals surface area contributed by atoms with Gasteiger partial charge in [-0.05, 0) is 12.1 Å². The Bertz CT molecular complexity index is 804. The number of benzene rings is 2. The predicted octanol–water partition coefficient (Wildman–Crippen LogP) is 3.80. The molecule has 3 aromatic rings. The van der Waals surface area contributed by atoms with Gasteiger partial charge in [-0.1, -0.05) is 67.6 Å². The quantitative estimate of drug-likeness (QED) is 0.763. The van der Waals surface area contributed by atoms with Crippen LogP contribution in [0.2, 0.25) is 0 Å². The number of aromatic amines is 1. The van der Waals surface area contributed by atoms with Crippen molar-refractivity contribution in [2.24, 2.45) is 0 Å². The van der Waals surface area contributed by atoms with Crippen LogP contribution < -0.4 is 0 Å². The van der Waals surface area contributed by atoms with Crippen molar-refractivity contribution in [2.75, 3.05) is 32.7 Å². The van der Waals surface area contributed by atoms with Gasteiger partial charge in [0.2, 0.25) is 0 Å². The lowest BCUT2D eigenvalue weighted by atomic mass is 9.94. The zero-order valence-corrected chi connectivity index (χ0v) is 15.3. The summed E-state index contributed by atoms with van der Waals surface area (Å²) in [4.78, 5) is 5.12. The van der Waals surface area contributed by atoms with E-state index in [1.807, 2.05) is 0 Å². The third-order valence-corrected chi connectivity index (χ3v) is 5.35. The van der Waals surface area contributed by atoms with Crippen molar-refractivity contribution in [3.8, 4) is 11.3 Å². The zero-order chi connectivity index (χ0) is 17.8.